The van der Waals surface area contributed by atoms with Crippen LogP contribution in [0.1, 0.15) is 16.7 Å². The van der Waals surface area contributed by atoms with Gasteiger partial charge in [0.15, 0.2) is 0 Å². The molecule has 9 heteroatoms. The molecule has 3 aromatic rings. The normalized spacial score (nSPS) is 21.1. The van der Waals surface area contributed by atoms with E-state index in [1.807, 2.05) is 0 Å². The summed E-state index contributed by atoms with van der Waals surface area (Å²) < 4.78 is 9.45. The molecule has 3 fully saturated rings. The van der Waals surface area contributed by atoms with Crippen molar-refractivity contribution in [3.05, 3.63) is 89.5 Å². The van der Waals surface area contributed by atoms with Gasteiger partial charge in [-0.25, -0.2) is 0 Å². The van der Waals surface area contributed by atoms with Crippen LogP contribution in [-0.2, 0) is 0 Å². The van der Waals surface area contributed by atoms with Crippen molar-refractivity contribution >= 4 is 126 Å². The molecule has 2 bridgehead atoms. The van der Waals surface area contributed by atoms with Gasteiger partial charge in [-0.1, -0.05) is 0 Å². The van der Waals surface area contributed by atoms with Crippen molar-refractivity contribution in [1.29, 1.82) is 0 Å². The van der Waals surface area contributed by atoms with Crippen LogP contribution in [-0.4, -0.2) is 109 Å². The molecule has 3 aliphatic heterocycles. The van der Waals surface area contributed by atoms with Crippen molar-refractivity contribution in [3.8, 4) is 0 Å². The van der Waals surface area contributed by atoms with E-state index >= 15 is 0 Å². The number of rotatable bonds is 3. The molecule has 3 aliphatic rings. The van der Waals surface area contributed by atoms with E-state index in [0.29, 0.717) is 0 Å². The molecule has 0 atom stereocenters. The standard InChI is InChI=1S/C28H42N3Si4.Rb.Sn/c1-23-11-17-26(18-12-23)29-32(4,5)35(10,33(6,7)30-27-19-13-24(2)14-20-27)34(8,9)31-28-21-15-25(3)16-22-28;;/h11-22H,1-10H3;;/q-3;;+3. The van der Waals surface area contributed by atoms with Crippen LogP contribution in [0, 0.1) is 20.8 Å². The third kappa shape index (κ3) is 4.40. The van der Waals surface area contributed by atoms with Gasteiger partial charge in [0, 0.05) is 58.2 Å². The SMILES string of the molecule is Cc1ccc([N]2[Sn]3[N](c4ccc(C)cc4)[Si](C)(C)[Si](C)([Si]2(C)C)[Si](C)(C)[N]3c2ccc(C)cc2)cc1.[Rb]. The van der Waals surface area contributed by atoms with Crippen LogP contribution in [0.2, 0.25) is 45.8 Å². The minimum Gasteiger partial charge on any atom is 0 e. The third-order valence-corrected chi connectivity index (χ3v) is 108. The monoisotopic (exact) mass is 737 g/mol. The average molecular weight is 737 g/mol. The summed E-state index contributed by atoms with van der Waals surface area (Å²) in [5, 5.41) is 0. The summed E-state index contributed by atoms with van der Waals surface area (Å²) in [5.74, 6) is 0. The Morgan fingerprint density at radius 3 is 0.865 bits per heavy atom. The van der Waals surface area contributed by atoms with Crippen molar-refractivity contribution in [3.63, 3.8) is 0 Å². The zero-order valence-corrected chi connectivity index (χ0v) is 36.5. The second-order valence-corrected chi connectivity index (χ2v) is 59.4. The van der Waals surface area contributed by atoms with Crippen molar-refractivity contribution in [2.45, 2.75) is 66.6 Å². The van der Waals surface area contributed by atoms with Crippen molar-refractivity contribution in [2.24, 2.45) is 0 Å². The van der Waals surface area contributed by atoms with Gasteiger partial charge in [-0.3, -0.25) is 0 Å². The second kappa shape index (κ2) is 10.4. The molecular formula is C28H42N3RbSi4Sn. The molecule has 3 saturated heterocycles. The molecule has 0 amide bonds. The van der Waals surface area contributed by atoms with Gasteiger partial charge < -0.3 is 0 Å². The van der Waals surface area contributed by atoms with Gasteiger partial charge in [-0.05, 0) is 0 Å². The van der Waals surface area contributed by atoms with Crippen molar-refractivity contribution in [2.75, 3.05) is 8.36 Å². The van der Waals surface area contributed by atoms with Gasteiger partial charge >= 0.3 is 232 Å². The van der Waals surface area contributed by atoms with Gasteiger partial charge in [0.2, 0.25) is 0 Å². The number of aryl methyl sites for hydroxylation is 3. The number of hydrogen-bond acceptors (Lipinski definition) is 3. The van der Waals surface area contributed by atoms with Crippen LogP contribution in [0.15, 0.2) is 72.8 Å². The topological polar surface area (TPSA) is 9.72 Å². The zero-order valence-electron chi connectivity index (χ0n) is 24.8. The van der Waals surface area contributed by atoms with Crippen LogP contribution in [0.3, 0.4) is 0 Å². The fourth-order valence-electron chi connectivity index (χ4n) is 7.36. The second-order valence-electron chi connectivity index (χ2n) is 12.6. The van der Waals surface area contributed by atoms with E-state index in [4.69, 9.17) is 0 Å². The first kappa shape index (κ1) is 30.5. The molecule has 0 spiro atoms. The Hall–Kier alpha value is 0.531. The number of benzene rings is 3. The van der Waals surface area contributed by atoms with E-state index in [1.165, 1.54) is 33.8 Å². The summed E-state index contributed by atoms with van der Waals surface area (Å²) in [6.45, 7) is 24.4. The van der Waals surface area contributed by atoms with Crippen molar-refractivity contribution < 1.29 is 0 Å². The summed E-state index contributed by atoms with van der Waals surface area (Å²) in [6.07, 6.45) is 0. The molecule has 0 saturated carbocycles. The maximum absolute atomic E-state index is 3.15. The van der Waals surface area contributed by atoms with Gasteiger partial charge in [-0.15, -0.1) is 0 Å². The van der Waals surface area contributed by atoms with Crippen LogP contribution in [0.5, 0.6) is 0 Å². The summed E-state index contributed by atoms with van der Waals surface area (Å²) in [5.41, 5.74) is 8.55. The minimum atomic E-state index is -2.65. The summed E-state index contributed by atoms with van der Waals surface area (Å²) in [6, 6.07) is 28.7. The van der Waals surface area contributed by atoms with Crippen LogP contribution in [0.4, 0.5) is 17.1 Å². The number of hydrogen-bond donors (Lipinski definition) is 0. The average Bonchev–Trinajstić information content (AvgIpc) is 2.80. The molecule has 3 aromatic carbocycles. The number of nitrogens with zero attached hydrogens (tertiary/aromatic N) is 3. The predicted octanol–water partition coefficient (Wildman–Crippen LogP) is 6.99. The summed E-state index contributed by atoms with van der Waals surface area (Å²) in [4.78, 5) is 0. The van der Waals surface area contributed by atoms with E-state index in [0.717, 1.165) is 0 Å². The minimum absolute atomic E-state index is 0. The summed E-state index contributed by atoms with van der Waals surface area (Å²) in [7, 11) is -5.17. The number of fused-ring (bicyclic) bond motifs is 3. The molecule has 3 nitrogen and oxygen atoms in total. The third-order valence-electron chi connectivity index (χ3n) is 9.82. The van der Waals surface area contributed by atoms with Gasteiger partial charge in [0.05, 0.1) is 0 Å². The number of anilines is 3. The van der Waals surface area contributed by atoms with Crippen LogP contribution in [0.25, 0.3) is 0 Å². The molecule has 37 heavy (non-hydrogen) atoms. The maximum atomic E-state index is 3.15. The molecule has 190 valence electrons. The molecule has 3 heterocycles. The molecule has 2 radical (unpaired) electrons. The fraction of sp³-hybridized carbons (Fsp3) is 0.357. The molecule has 0 N–H and O–H groups in total. The summed E-state index contributed by atoms with van der Waals surface area (Å²) >= 11 is -2.65. The Labute approximate surface area is 285 Å². The molecule has 6 rings (SSSR count). The first-order chi connectivity index (χ1) is 16.7. The zero-order chi connectivity index (χ0) is 26.3. The maximum Gasteiger partial charge on any atom is 0 e. The fourth-order valence-corrected chi connectivity index (χ4v) is 147. The molecule has 0 aromatic heterocycles. The van der Waals surface area contributed by atoms with Gasteiger partial charge in [0.25, 0.3) is 0 Å². The Morgan fingerprint density at radius 1 is 0.432 bits per heavy atom. The Morgan fingerprint density at radius 2 is 0.649 bits per heavy atom. The van der Waals surface area contributed by atoms with E-state index in [9.17, 15) is 0 Å². The van der Waals surface area contributed by atoms with E-state index in [-0.39, 0.29) is 58.2 Å². The molecule has 0 aliphatic carbocycles. The first-order valence-corrected chi connectivity index (χ1v) is 31.4. The van der Waals surface area contributed by atoms with E-state index < -0.39 is 50.5 Å². The van der Waals surface area contributed by atoms with Crippen molar-refractivity contribution in [1.82, 2.24) is 0 Å². The van der Waals surface area contributed by atoms with Crippen LogP contribution < -0.4 is 8.36 Å². The van der Waals surface area contributed by atoms with E-state index in [1.54, 1.807) is 0 Å². The van der Waals surface area contributed by atoms with Gasteiger partial charge in [0.1, 0.15) is 0 Å². The van der Waals surface area contributed by atoms with E-state index in [2.05, 4.69) is 148 Å². The Balaban J connectivity index is 0.00000320. The van der Waals surface area contributed by atoms with Gasteiger partial charge in [-0.2, -0.15) is 0 Å². The quantitative estimate of drug-likeness (QED) is 0.269. The largest absolute Gasteiger partial charge is 0 e. The van der Waals surface area contributed by atoms with Crippen LogP contribution >= 0.6 is 0 Å². The molecule has 0 unspecified atom stereocenters. The first-order valence-electron chi connectivity index (χ1n) is 13.2. The Bertz CT molecular complexity index is 1120. The Kier molecular flexibility index (Phi) is 8.59. The predicted molar refractivity (Wildman–Crippen MR) is 177 cm³/mol. The molecular weight excluding hydrogens is 695 g/mol. The smallest absolute Gasteiger partial charge is 0 e.